The first kappa shape index (κ1) is 15.0. The Balaban J connectivity index is 2.23. The molecule has 0 amide bonds. The van der Waals surface area contributed by atoms with Crippen molar-refractivity contribution in [2.75, 3.05) is 6.16 Å². The van der Waals surface area contributed by atoms with E-state index < -0.39 is 7.14 Å². The number of benzene rings is 1. The molecular formula is C17H22NOP. The minimum atomic E-state index is -2.37. The third kappa shape index (κ3) is 3.19. The van der Waals surface area contributed by atoms with E-state index in [1.807, 2.05) is 42.6 Å². The van der Waals surface area contributed by atoms with Gasteiger partial charge < -0.3 is 4.57 Å². The summed E-state index contributed by atoms with van der Waals surface area (Å²) in [5, 5.41) is 0.989. The minimum Gasteiger partial charge on any atom is -0.318 e. The number of nitrogens with zero attached hydrogens (tertiary/aromatic N) is 1. The van der Waals surface area contributed by atoms with Crippen molar-refractivity contribution in [3.05, 3.63) is 59.9 Å². The summed E-state index contributed by atoms with van der Waals surface area (Å²) >= 11 is 0. The van der Waals surface area contributed by atoms with Crippen molar-refractivity contribution >= 4 is 12.4 Å². The third-order valence-corrected chi connectivity index (χ3v) is 7.55. The summed E-state index contributed by atoms with van der Waals surface area (Å²) in [6.07, 6.45) is 3.27. The fourth-order valence-electron chi connectivity index (χ4n) is 2.42. The lowest BCUT2D eigenvalue weighted by Crippen LogP contribution is -2.16. The summed E-state index contributed by atoms with van der Waals surface area (Å²) in [5.74, 6) is 0. The van der Waals surface area contributed by atoms with Crippen molar-refractivity contribution in [2.45, 2.75) is 32.9 Å². The van der Waals surface area contributed by atoms with Crippen molar-refractivity contribution < 1.29 is 4.57 Å². The van der Waals surface area contributed by atoms with E-state index in [0.717, 1.165) is 17.4 Å². The number of hydrogen-bond acceptors (Lipinski definition) is 2. The number of rotatable bonds is 5. The van der Waals surface area contributed by atoms with Crippen molar-refractivity contribution in [3.63, 3.8) is 0 Å². The molecule has 2 aromatic rings. The Morgan fingerprint density at radius 3 is 2.40 bits per heavy atom. The molecule has 0 aliphatic carbocycles. The highest BCUT2D eigenvalue weighted by Crippen LogP contribution is 2.49. The monoisotopic (exact) mass is 287 g/mol. The first-order chi connectivity index (χ1) is 9.54. The smallest absolute Gasteiger partial charge is 0.118 e. The molecule has 2 rings (SSSR count). The second-order valence-electron chi connectivity index (χ2n) is 5.47. The van der Waals surface area contributed by atoms with Gasteiger partial charge in [0.05, 0.1) is 0 Å². The van der Waals surface area contributed by atoms with Crippen LogP contribution < -0.4 is 5.30 Å². The van der Waals surface area contributed by atoms with Gasteiger partial charge in [0.25, 0.3) is 0 Å². The zero-order valence-electron chi connectivity index (χ0n) is 12.4. The van der Waals surface area contributed by atoms with Crippen LogP contribution in [0.2, 0.25) is 0 Å². The lowest BCUT2D eigenvalue weighted by atomic mass is 10.2. The van der Waals surface area contributed by atoms with Gasteiger partial charge in [0.1, 0.15) is 7.14 Å². The molecule has 0 bridgehead atoms. The zero-order valence-corrected chi connectivity index (χ0v) is 13.3. The van der Waals surface area contributed by atoms with E-state index in [1.54, 1.807) is 0 Å². The maximum absolute atomic E-state index is 13.4. The van der Waals surface area contributed by atoms with Crippen molar-refractivity contribution in [2.24, 2.45) is 0 Å². The van der Waals surface area contributed by atoms with Crippen molar-refractivity contribution in [1.29, 1.82) is 0 Å². The van der Waals surface area contributed by atoms with E-state index in [1.165, 1.54) is 5.56 Å². The summed E-state index contributed by atoms with van der Waals surface area (Å²) in [6.45, 7) is 6.17. The predicted octanol–water partition coefficient (Wildman–Crippen LogP) is 4.03. The Morgan fingerprint density at radius 2 is 1.80 bits per heavy atom. The van der Waals surface area contributed by atoms with Gasteiger partial charge >= 0.3 is 0 Å². The topological polar surface area (TPSA) is 30.0 Å². The van der Waals surface area contributed by atoms with Gasteiger partial charge in [0, 0.05) is 29.0 Å². The van der Waals surface area contributed by atoms with Crippen LogP contribution in [0.25, 0.3) is 0 Å². The Kier molecular flexibility index (Phi) is 4.77. The first-order valence-corrected chi connectivity index (χ1v) is 9.05. The molecule has 1 heterocycles. The van der Waals surface area contributed by atoms with Gasteiger partial charge in [-0.3, -0.25) is 4.98 Å². The van der Waals surface area contributed by atoms with Crippen molar-refractivity contribution in [1.82, 2.24) is 4.98 Å². The van der Waals surface area contributed by atoms with E-state index in [9.17, 15) is 4.57 Å². The number of aromatic nitrogens is 1. The highest BCUT2D eigenvalue weighted by molar-refractivity contribution is 7.72. The van der Waals surface area contributed by atoms with Crippen LogP contribution >= 0.6 is 7.14 Å². The molecule has 0 saturated heterocycles. The second-order valence-corrected chi connectivity index (χ2v) is 9.05. The molecule has 0 N–H and O–H groups in total. The third-order valence-electron chi connectivity index (χ3n) is 3.83. The van der Waals surface area contributed by atoms with Crippen LogP contribution in [0.15, 0.2) is 48.7 Å². The number of hydrogen-bond donors (Lipinski definition) is 0. The molecule has 20 heavy (non-hydrogen) atoms. The van der Waals surface area contributed by atoms with E-state index in [2.05, 4.69) is 31.8 Å². The van der Waals surface area contributed by atoms with E-state index in [0.29, 0.717) is 6.16 Å². The summed E-state index contributed by atoms with van der Waals surface area (Å²) < 4.78 is 13.4. The summed E-state index contributed by atoms with van der Waals surface area (Å²) in [6, 6.07) is 13.9. The molecule has 0 aliphatic heterocycles. The Hall–Kier alpha value is -1.40. The maximum atomic E-state index is 13.4. The zero-order chi connectivity index (χ0) is 14.6. The molecule has 1 aromatic carbocycles. The van der Waals surface area contributed by atoms with Crippen LogP contribution in [0.4, 0.5) is 0 Å². The first-order valence-electron chi connectivity index (χ1n) is 7.09. The highest BCUT2D eigenvalue weighted by Gasteiger charge is 2.28. The van der Waals surface area contributed by atoms with Crippen LogP contribution in [0.1, 0.15) is 25.1 Å². The quantitative estimate of drug-likeness (QED) is 0.777. The van der Waals surface area contributed by atoms with Crippen LogP contribution in [0.3, 0.4) is 0 Å². The van der Waals surface area contributed by atoms with Crippen LogP contribution in [-0.4, -0.2) is 16.8 Å². The lowest BCUT2D eigenvalue weighted by molar-refractivity contribution is 0.574. The fraction of sp³-hybridized carbons (Fsp3) is 0.353. The van der Waals surface area contributed by atoms with Crippen LogP contribution in [0.5, 0.6) is 0 Å². The van der Waals surface area contributed by atoms with Gasteiger partial charge in [-0.25, -0.2) is 0 Å². The number of aryl methyl sites for hydroxylation is 2. The molecule has 2 nitrogen and oxygen atoms in total. The molecule has 3 heteroatoms. The van der Waals surface area contributed by atoms with Crippen LogP contribution in [-0.2, 0) is 11.0 Å². The summed E-state index contributed by atoms with van der Waals surface area (Å²) in [4.78, 5) is 4.41. The van der Waals surface area contributed by atoms with E-state index >= 15 is 0 Å². The second kappa shape index (κ2) is 6.37. The van der Waals surface area contributed by atoms with Crippen LogP contribution in [0, 0.1) is 6.92 Å². The Bertz CT molecular complexity index is 607. The van der Waals surface area contributed by atoms with Gasteiger partial charge in [0.15, 0.2) is 0 Å². The molecule has 1 atom stereocenters. The molecule has 0 saturated carbocycles. The molecule has 0 unspecified atom stereocenters. The fourth-order valence-corrected chi connectivity index (χ4v) is 5.01. The van der Waals surface area contributed by atoms with Crippen molar-refractivity contribution in [3.8, 4) is 0 Å². The molecule has 0 spiro atoms. The maximum Gasteiger partial charge on any atom is 0.118 e. The van der Waals surface area contributed by atoms with E-state index in [-0.39, 0.29) is 5.66 Å². The molecule has 0 radical (unpaired) electrons. The predicted molar refractivity (Wildman–Crippen MR) is 86.4 cm³/mol. The normalized spacial score (nSPS) is 14.2. The standard InChI is InChI=1S/C17H22NOP/c1-14(2)20(19,16-9-5-4-6-10-16)13-11-17-15(3)8-7-12-18-17/h4-10,12,14H,11,13H2,1-3H3/t20-/m0/s1. The lowest BCUT2D eigenvalue weighted by Gasteiger charge is -2.22. The summed E-state index contributed by atoms with van der Waals surface area (Å²) in [7, 11) is -2.37. The van der Waals surface area contributed by atoms with Gasteiger partial charge in [-0.1, -0.05) is 50.2 Å². The van der Waals surface area contributed by atoms with Gasteiger partial charge in [0.2, 0.25) is 0 Å². The Morgan fingerprint density at radius 1 is 1.10 bits per heavy atom. The van der Waals surface area contributed by atoms with E-state index in [4.69, 9.17) is 0 Å². The summed E-state index contributed by atoms with van der Waals surface area (Å²) in [5.41, 5.74) is 2.40. The number of pyridine rings is 1. The SMILES string of the molecule is Cc1cccnc1CC[P@@](=O)(c1ccccc1)C(C)C. The largest absolute Gasteiger partial charge is 0.318 e. The van der Waals surface area contributed by atoms with Gasteiger partial charge in [-0.2, -0.15) is 0 Å². The minimum absolute atomic E-state index is 0.161. The molecular weight excluding hydrogens is 265 g/mol. The average Bonchev–Trinajstić information content (AvgIpc) is 2.47. The molecule has 0 aliphatic rings. The molecule has 1 aromatic heterocycles. The Labute approximate surface area is 121 Å². The average molecular weight is 287 g/mol. The highest BCUT2D eigenvalue weighted by atomic mass is 31.2. The molecule has 0 fully saturated rings. The molecule has 106 valence electrons. The van der Waals surface area contributed by atoms with Gasteiger partial charge in [-0.15, -0.1) is 0 Å². The van der Waals surface area contributed by atoms with Gasteiger partial charge in [-0.05, 0) is 25.0 Å².